The lowest BCUT2D eigenvalue weighted by Crippen LogP contribution is -2.13. The Hall–Kier alpha value is -1.63. The first-order chi connectivity index (χ1) is 11.7. The van der Waals surface area contributed by atoms with Gasteiger partial charge in [-0.05, 0) is 16.9 Å². The lowest BCUT2D eigenvalue weighted by molar-refractivity contribution is 0.252. The van der Waals surface area contributed by atoms with Crippen LogP contribution in [-0.2, 0) is 17.4 Å². The summed E-state index contributed by atoms with van der Waals surface area (Å²) < 4.78 is 72.4. The van der Waals surface area contributed by atoms with Crippen LogP contribution in [0.25, 0.3) is 0 Å². The van der Waals surface area contributed by atoms with Gasteiger partial charge in [-0.1, -0.05) is 41.5 Å². The normalized spacial score (nSPS) is 12.6. The molecule has 7 heteroatoms. The van der Waals surface area contributed by atoms with Gasteiger partial charge in [-0.3, -0.25) is 0 Å². The molecular weight excluding hydrogens is 371 g/mol. The van der Waals surface area contributed by atoms with Crippen LogP contribution in [0, 0.1) is 29.1 Å². The van der Waals surface area contributed by atoms with Crippen LogP contribution in [0.1, 0.15) is 56.9 Å². The van der Waals surface area contributed by atoms with Crippen LogP contribution in [0.4, 0.5) is 22.0 Å². The summed E-state index contributed by atoms with van der Waals surface area (Å²) in [6, 6.07) is 1.86. The molecule has 0 saturated heterocycles. The minimum Gasteiger partial charge on any atom is -0.483 e. The molecule has 2 aromatic rings. The molecule has 2 rings (SSSR count). The Balaban J connectivity index is 2.44. The zero-order valence-corrected chi connectivity index (χ0v) is 16.3. The fourth-order valence-electron chi connectivity index (χ4n) is 2.40. The van der Waals surface area contributed by atoms with Crippen molar-refractivity contribution in [2.45, 2.75) is 59.0 Å². The summed E-state index contributed by atoms with van der Waals surface area (Å²) in [5, 5.41) is 0. The maximum atomic E-state index is 13.8. The number of ether oxygens (including phenoxy) is 1. The third-order valence-electron chi connectivity index (χ3n) is 3.77. The predicted molar refractivity (Wildman–Crippen MR) is 92.3 cm³/mol. The maximum Gasteiger partial charge on any atom is 0.207 e. The van der Waals surface area contributed by atoms with E-state index in [1.165, 1.54) is 0 Å². The Morgan fingerprint density at radius 3 is 1.65 bits per heavy atom. The first-order valence-electron chi connectivity index (χ1n) is 8.03. The van der Waals surface area contributed by atoms with Crippen molar-refractivity contribution in [2.75, 3.05) is 0 Å². The topological polar surface area (TPSA) is 9.23 Å². The largest absolute Gasteiger partial charge is 0.483 e. The molecule has 144 valence electrons. The molecule has 0 spiro atoms. The van der Waals surface area contributed by atoms with Gasteiger partial charge in [-0.25, -0.2) is 13.2 Å². The van der Waals surface area contributed by atoms with E-state index in [1.54, 1.807) is 11.3 Å². The molecule has 0 unspecified atom stereocenters. The zero-order chi connectivity index (χ0) is 20.0. The summed E-state index contributed by atoms with van der Waals surface area (Å²) >= 11 is 1.55. The molecule has 0 fully saturated rings. The summed E-state index contributed by atoms with van der Waals surface area (Å²) in [5.74, 6) is -11.4. The van der Waals surface area contributed by atoms with E-state index in [4.69, 9.17) is 4.74 Å². The van der Waals surface area contributed by atoms with Crippen molar-refractivity contribution < 1.29 is 26.7 Å². The molecule has 1 nitrogen and oxygen atoms in total. The summed E-state index contributed by atoms with van der Waals surface area (Å²) in [5.41, 5.74) is 0.257. The molecule has 26 heavy (non-hydrogen) atoms. The fraction of sp³-hybridized carbons (Fsp3) is 0.474. The Morgan fingerprint density at radius 1 is 0.769 bits per heavy atom. The van der Waals surface area contributed by atoms with Gasteiger partial charge in [-0.2, -0.15) is 8.78 Å². The molecule has 0 amide bonds. The summed E-state index contributed by atoms with van der Waals surface area (Å²) in [6.45, 7) is 11.7. The van der Waals surface area contributed by atoms with Gasteiger partial charge in [0.1, 0.15) is 6.61 Å². The molecule has 0 aliphatic rings. The molecule has 0 saturated carbocycles. The molecule has 0 bridgehead atoms. The van der Waals surface area contributed by atoms with Crippen molar-refractivity contribution in [3.63, 3.8) is 0 Å². The molecular formula is C19H21F5OS. The van der Waals surface area contributed by atoms with Gasteiger partial charge in [-0.15, -0.1) is 11.3 Å². The minimum absolute atomic E-state index is 0.145. The average Bonchev–Trinajstić information content (AvgIpc) is 2.96. The van der Waals surface area contributed by atoms with E-state index in [0.29, 0.717) is 5.56 Å². The lowest BCUT2D eigenvalue weighted by Gasteiger charge is -2.20. The number of thiophene rings is 1. The van der Waals surface area contributed by atoms with Gasteiger partial charge < -0.3 is 4.74 Å². The quantitative estimate of drug-likeness (QED) is 0.324. The first kappa shape index (κ1) is 20.7. The van der Waals surface area contributed by atoms with Crippen molar-refractivity contribution >= 4 is 11.3 Å². The summed E-state index contributed by atoms with van der Waals surface area (Å²) in [4.78, 5) is 1.98. The Morgan fingerprint density at radius 2 is 1.23 bits per heavy atom. The van der Waals surface area contributed by atoms with Crippen LogP contribution in [0.5, 0.6) is 5.75 Å². The molecule has 1 aromatic carbocycles. The second-order valence-electron chi connectivity index (χ2n) is 8.15. The van der Waals surface area contributed by atoms with E-state index in [-0.39, 0.29) is 17.4 Å². The SMILES string of the molecule is CC(C)(C)c1cc(COc2c(F)c(F)c(F)c(F)c2F)c(C(C)(C)C)s1. The van der Waals surface area contributed by atoms with Crippen LogP contribution in [0.3, 0.4) is 0 Å². The van der Waals surface area contributed by atoms with Crippen molar-refractivity contribution in [1.29, 1.82) is 0 Å². The first-order valence-corrected chi connectivity index (χ1v) is 8.84. The number of hydrogen-bond acceptors (Lipinski definition) is 2. The molecule has 0 N–H and O–H groups in total. The van der Waals surface area contributed by atoms with E-state index >= 15 is 0 Å². The minimum atomic E-state index is -2.20. The monoisotopic (exact) mass is 392 g/mol. The number of hydrogen-bond donors (Lipinski definition) is 0. The Kier molecular flexibility index (Phi) is 5.43. The standard InChI is InChI=1S/C19H21F5OS/c1-18(2,3)10-7-9(17(26-10)19(4,5)6)8-25-16-14(23)12(21)11(20)13(22)15(16)24/h7H,8H2,1-6H3. The Labute approximate surface area is 153 Å². The molecule has 0 atom stereocenters. The van der Waals surface area contributed by atoms with Crippen LogP contribution >= 0.6 is 11.3 Å². The molecule has 0 aliphatic heterocycles. The Bertz CT molecular complexity index is 799. The molecule has 0 radical (unpaired) electrons. The van der Waals surface area contributed by atoms with Crippen molar-refractivity contribution in [3.8, 4) is 5.75 Å². The van der Waals surface area contributed by atoms with E-state index in [1.807, 2.05) is 47.6 Å². The van der Waals surface area contributed by atoms with E-state index < -0.39 is 34.8 Å². The highest BCUT2D eigenvalue weighted by Gasteiger charge is 2.29. The number of benzene rings is 1. The van der Waals surface area contributed by atoms with Gasteiger partial charge in [0, 0.05) is 15.3 Å². The van der Waals surface area contributed by atoms with Gasteiger partial charge in [0.2, 0.25) is 29.1 Å². The summed E-state index contributed by atoms with van der Waals surface area (Å²) in [6.07, 6.45) is 0. The predicted octanol–water partition coefficient (Wildman–Crippen LogP) is 6.62. The number of halogens is 5. The van der Waals surface area contributed by atoms with Crippen LogP contribution in [0.15, 0.2) is 6.07 Å². The van der Waals surface area contributed by atoms with Gasteiger partial charge >= 0.3 is 0 Å². The summed E-state index contributed by atoms with van der Waals surface area (Å²) in [7, 11) is 0. The molecule has 0 aliphatic carbocycles. The van der Waals surface area contributed by atoms with Crippen LogP contribution in [0.2, 0.25) is 0 Å². The molecule has 1 aromatic heterocycles. The molecule has 1 heterocycles. The zero-order valence-electron chi connectivity index (χ0n) is 15.5. The second-order valence-corrected chi connectivity index (χ2v) is 9.20. The highest BCUT2D eigenvalue weighted by Crippen LogP contribution is 2.39. The fourth-order valence-corrected chi connectivity index (χ4v) is 3.68. The van der Waals surface area contributed by atoms with Gasteiger partial charge in [0.25, 0.3) is 0 Å². The third-order valence-corrected chi connectivity index (χ3v) is 5.80. The van der Waals surface area contributed by atoms with Gasteiger partial charge in [0.05, 0.1) is 0 Å². The van der Waals surface area contributed by atoms with Crippen molar-refractivity contribution in [2.24, 2.45) is 0 Å². The van der Waals surface area contributed by atoms with Crippen molar-refractivity contribution in [1.82, 2.24) is 0 Å². The van der Waals surface area contributed by atoms with E-state index in [9.17, 15) is 22.0 Å². The second kappa shape index (κ2) is 6.83. The van der Waals surface area contributed by atoms with Gasteiger partial charge in [0.15, 0.2) is 5.75 Å². The van der Waals surface area contributed by atoms with Crippen molar-refractivity contribution in [3.05, 3.63) is 50.5 Å². The smallest absolute Gasteiger partial charge is 0.207 e. The highest BCUT2D eigenvalue weighted by molar-refractivity contribution is 7.12. The lowest BCUT2D eigenvalue weighted by atomic mass is 9.90. The van der Waals surface area contributed by atoms with Crippen LogP contribution in [-0.4, -0.2) is 0 Å². The number of rotatable bonds is 3. The maximum absolute atomic E-state index is 13.8. The van der Waals surface area contributed by atoms with E-state index in [0.717, 1.165) is 9.75 Å². The highest BCUT2D eigenvalue weighted by atomic mass is 32.1. The average molecular weight is 392 g/mol. The van der Waals surface area contributed by atoms with E-state index in [2.05, 4.69) is 0 Å². The van der Waals surface area contributed by atoms with Crippen LogP contribution < -0.4 is 4.74 Å². The third kappa shape index (κ3) is 3.87.